The Balaban J connectivity index is 2.84. The Kier molecular flexibility index (Phi) is 5.09. The molecular weight excluding hydrogens is 273 g/mol. The van der Waals surface area contributed by atoms with Gasteiger partial charge in [0.05, 0.1) is 10.0 Å². The summed E-state index contributed by atoms with van der Waals surface area (Å²) >= 11 is 3.07. The van der Waals surface area contributed by atoms with Gasteiger partial charge >= 0.3 is 0 Å². The lowest BCUT2D eigenvalue weighted by Gasteiger charge is -2.11. The first-order chi connectivity index (χ1) is 7.57. The summed E-state index contributed by atoms with van der Waals surface area (Å²) in [6.07, 6.45) is 0. The van der Waals surface area contributed by atoms with Gasteiger partial charge in [-0.25, -0.2) is 4.39 Å². The molecule has 1 aromatic carbocycles. The smallest absolute Gasteiger partial charge is 0.169 e. The van der Waals surface area contributed by atoms with Crippen LogP contribution in [0.2, 0.25) is 0 Å². The standard InChI is InChI=1S/C12H15BrFNO/c1-3-15-7-8(2)12(16)9-5-4-6-10(13)11(9)14/h4-6,8,15H,3,7H2,1-2H3. The Hall–Kier alpha value is -0.740. The number of benzene rings is 1. The van der Waals surface area contributed by atoms with E-state index < -0.39 is 5.82 Å². The van der Waals surface area contributed by atoms with Crippen LogP contribution in [-0.2, 0) is 0 Å². The van der Waals surface area contributed by atoms with Gasteiger partial charge in [-0.1, -0.05) is 19.9 Å². The first-order valence-electron chi connectivity index (χ1n) is 5.26. The molecule has 0 aliphatic rings. The van der Waals surface area contributed by atoms with Gasteiger partial charge in [0, 0.05) is 12.5 Å². The van der Waals surface area contributed by atoms with Gasteiger partial charge in [-0.05, 0) is 34.6 Å². The third-order valence-electron chi connectivity index (χ3n) is 2.37. The molecule has 0 aliphatic carbocycles. The molecule has 0 saturated heterocycles. The molecule has 0 bridgehead atoms. The molecule has 0 fully saturated rings. The molecule has 0 spiro atoms. The predicted molar refractivity (Wildman–Crippen MR) is 66.1 cm³/mol. The number of Topliss-reactive ketones (excluding diaryl/α,β-unsaturated/α-hetero) is 1. The lowest BCUT2D eigenvalue weighted by molar-refractivity contribution is 0.0925. The van der Waals surface area contributed by atoms with Gasteiger partial charge in [-0.3, -0.25) is 4.79 Å². The predicted octanol–water partition coefficient (Wildman–Crippen LogP) is 3.02. The zero-order valence-electron chi connectivity index (χ0n) is 9.39. The van der Waals surface area contributed by atoms with Crippen molar-refractivity contribution in [3.05, 3.63) is 34.1 Å². The molecule has 1 rings (SSSR count). The average Bonchev–Trinajstić information content (AvgIpc) is 2.28. The summed E-state index contributed by atoms with van der Waals surface area (Å²) in [7, 11) is 0. The lowest BCUT2D eigenvalue weighted by atomic mass is 9.99. The fourth-order valence-corrected chi connectivity index (χ4v) is 1.78. The Morgan fingerprint density at radius 2 is 2.25 bits per heavy atom. The van der Waals surface area contributed by atoms with Crippen molar-refractivity contribution in [2.24, 2.45) is 5.92 Å². The fourth-order valence-electron chi connectivity index (χ4n) is 1.41. The highest BCUT2D eigenvalue weighted by molar-refractivity contribution is 9.10. The molecule has 1 aromatic rings. The van der Waals surface area contributed by atoms with Gasteiger partial charge < -0.3 is 5.32 Å². The third-order valence-corrected chi connectivity index (χ3v) is 2.98. The van der Waals surface area contributed by atoms with Crippen LogP contribution >= 0.6 is 15.9 Å². The number of ketones is 1. The molecular formula is C12H15BrFNO. The summed E-state index contributed by atoms with van der Waals surface area (Å²) in [5, 5.41) is 3.08. The maximum Gasteiger partial charge on any atom is 0.169 e. The van der Waals surface area contributed by atoms with Crippen molar-refractivity contribution in [2.45, 2.75) is 13.8 Å². The van der Waals surface area contributed by atoms with Crippen LogP contribution in [0, 0.1) is 11.7 Å². The van der Waals surface area contributed by atoms with Crippen molar-refractivity contribution in [3.63, 3.8) is 0 Å². The molecule has 0 heterocycles. The topological polar surface area (TPSA) is 29.1 Å². The number of nitrogens with one attached hydrogen (secondary N) is 1. The summed E-state index contributed by atoms with van der Waals surface area (Å²) < 4.78 is 14.0. The molecule has 0 amide bonds. The van der Waals surface area contributed by atoms with Crippen molar-refractivity contribution >= 4 is 21.7 Å². The van der Waals surface area contributed by atoms with Crippen LogP contribution in [0.3, 0.4) is 0 Å². The minimum absolute atomic E-state index is 0.153. The Morgan fingerprint density at radius 1 is 1.56 bits per heavy atom. The molecule has 88 valence electrons. The molecule has 1 atom stereocenters. The van der Waals surface area contributed by atoms with Crippen molar-refractivity contribution in [3.8, 4) is 0 Å². The minimum atomic E-state index is -0.476. The summed E-state index contributed by atoms with van der Waals surface area (Å²) in [6.45, 7) is 5.14. The van der Waals surface area contributed by atoms with E-state index in [0.29, 0.717) is 11.0 Å². The summed E-state index contributed by atoms with van der Waals surface area (Å²) in [5.74, 6) is -0.862. The quantitative estimate of drug-likeness (QED) is 0.844. The highest BCUT2D eigenvalue weighted by Gasteiger charge is 2.19. The van der Waals surface area contributed by atoms with Crippen LogP contribution in [0.1, 0.15) is 24.2 Å². The summed E-state index contributed by atoms with van der Waals surface area (Å²) in [4.78, 5) is 11.9. The maximum atomic E-state index is 13.6. The van der Waals surface area contributed by atoms with E-state index in [2.05, 4.69) is 21.2 Å². The molecule has 0 aliphatic heterocycles. The van der Waals surface area contributed by atoms with Crippen LogP contribution in [0.5, 0.6) is 0 Å². The normalized spacial score (nSPS) is 12.5. The van der Waals surface area contributed by atoms with E-state index in [4.69, 9.17) is 0 Å². The largest absolute Gasteiger partial charge is 0.316 e. The zero-order valence-corrected chi connectivity index (χ0v) is 11.0. The summed E-state index contributed by atoms with van der Waals surface area (Å²) in [5.41, 5.74) is 0.153. The molecule has 0 saturated carbocycles. The van der Waals surface area contributed by atoms with Gasteiger partial charge in [-0.2, -0.15) is 0 Å². The first kappa shape index (κ1) is 13.3. The van der Waals surface area contributed by atoms with Crippen LogP contribution in [0.25, 0.3) is 0 Å². The van der Waals surface area contributed by atoms with E-state index in [-0.39, 0.29) is 17.3 Å². The SMILES string of the molecule is CCNCC(C)C(=O)c1cccc(Br)c1F. The van der Waals surface area contributed by atoms with Crippen LogP contribution in [-0.4, -0.2) is 18.9 Å². The van der Waals surface area contributed by atoms with Crippen molar-refractivity contribution in [1.29, 1.82) is 0 Å². The van der Waals surface area contributed by atoms with E-state index in [9.17, 15) is 9.18 Å². The highest BCUT2D eigenvalue weighted by atomic mass is 79.9. The number of carbonyl (C=O) groups is 1. The van der Waals surface area contributed by atoms with Gasteiger partial charge in [0.25, 0.3) is 0 Å². The van der Waals surface area contributed by atoms with Crippen LogP contribution in [0.4, 0.5) is 4.39 Å². The van der Waals surface area contributed by atoms with Crippen LogP contribution < -0.4 is 5.32 Å². The van der Waals surface area contributed by atoms with E-state index >= 15 is 0 Å². The third kappa shape index (κ3) is 3.12. The van der Waals surface area contributed by atoms with Gasteiger partial charge in [-0.15, -0.1) is 0 Å². The molecule has 16 heavy (non-hydrogen) atoms. The Morgan fingerprint density at radius 3 is 2.88 bits per heavy atom. The second-order valence-electron chi connectivity index (χ2n) is 3.67. The Bertz CT molecular complexity index is 381. The average molecular weight is 288 g/mol. The minimum Gasteiger partial charge on any atom is -0.316 e. The zero-order chi connectivity index (χ0) is 12.1. The van der Waals surface area contributed by atoms with Gasteiger partial charge in [0.2, 0.25) is 0 Å². The molecule has 4 heteroatoms. The molecule has 2 nitrogen and oxygen atoms in total. The van der Waals surface area contributed by atoms with E-state index in [0.717, 1.165) is 6.54 Å². The van der Waals surface area contributed by atoms with Gasteiger partial charge in [0.15, 0.2) is 5.78 Å². The van der Waals surface area contributed by atoms with Crippen LogP contribution in [0.15, 0.2) is 22.7 Å². The first-order valence-corrected chi connectivity index (χ1v) is 6.06. The Labute approximate surface area is 103 Å². The second kappa shape index (κ2) is 6.11. The van der Waals surface area contributed by atoms with Crippen molar-refractivity contribution in [2.75, 3.05) is 13.1 Å². The molecule has 1 unspecified atom stereocenters. The van der Waals surface area contributed by atoms with E-state index in [1.54, 1.807) is 19.1 Å². The van der Waals surface area contributed by atoms with E-state index in [1.807, 2.05) is 6.92 Å². The number of hydrogen-bond donors (Lipinski definition) is 1. The fraction of sp³-hybridized carbons (Fsp3) is 0.417. The monoisotopic (exact) mass is 287 g/mol. The lowest BCUT2D eigenvalue weighted by Crippen LogP contribution is -2.26. The molecule has 0 radical (unpaired) electrons. The molecule has 1 N–H and O–H groups in total. The number of halogens is 2. The number of hydrogen-bond acceptors (Lipinski definition) is 2. The van der Waals surface area contributed by atoms with E-state index in [1.165, 1.54) is 6.07 Å². The van der Waals surface area contributed by atoms with Gasteiger partial charge in [0.1, 0.15) is 5.82 Å². The second-order valence-corrected chi connectivity index (χ2v) is 4.53. The molecule has 0 aromatic heterocycles. The maximum absolute atomic E-state index is 13.6. The number of rotatable bonds is 5. The number of carbonyl (C=O) groups excluding carboxylic acids is 1. The van der Waals surface area contributed by atoms with Crippen molar-refractivity contribution in [1.82, 2.24) is 5.32 Å². The van der Waals surface area contributed by atoms with Crippen molar-refractivity contribution < 1.29 is 9.18 Å². The highest BCUT2D eigenvalue weighted by Crippen LogP contribution is 2.20. The summed E-state index contributed by atoms with van der Waals surface area (Å²) in [6, 6.07) is 4.77.